The molecule has 1 fully saturated rings. The minimum Gasteiger partial charge on any atom is -0.508 e. The smallest absolute Gasteiger partial charge is 0.293 e. The first-order valence-electron chi connectivity index (χ1n) is 8.33. The van der Waals surface area contributed by atoms with Crippen LogP contribution in [-0.2, 0) is 10.0 Å². The van der Waals surface area contributed by atoms with Gasteiger partial charge in [0.2, 0.25) is 10.0 Å². The van der Waals surface area contributed by atoms with E-state index in [-0.39, 0.29) is 16.3 Å². The zero-order valence-corrected chi connectivity index (χ0v) is 15.5. The van der Waals surface area contributed by atoms with Crippen LogP contribution in [0.25, 0.3) is 0 Å². The molecule has 0 aromatic heterocycles. The molecule has 0 amide bonds. The number of hydrogen-bond donors (Lipinski definition) is 2. The lowest BCUT2D eigenvalue weighted by Crippen LogP contribution is -2.46. The quantitative estimate of drug-likeness (QED) is 0.585. The summed E-state index contributed by atoms with van der Waals surface area (Å²) < 4.78 is 26.0. The molecule has 0 aliphatic carbocycles. The fourth-order valence-electron chi connectivity index (χ4n) is 3.07. The van der Waals surface area contributed by atoms with Gasteiger partial charge < -0.3 is 14.9 Å². The summed E-state index contributed by atoms with van der Waals surface area (Å²) in [6, 6.07) is 10.8. The summed E-state index contributed by atoms with van der Waals surface area (Å²) in [5.41, 5.74) is 1.14. The molecule has 0 radical (unpaired) electrons. The topological polar surface area (TPSA) is 116 Å². The van der Waals surface area contributed by atoms with Crippen LogP contribution in [-0.4, -0.2) is 51.7 Å². The molecule has 1 heterocycles. The summed E-state index contributed by atoms with van der Waals surface area (Å²) in [6.07, 6.45) is 0. The summed E-state index contributed by atoms with van der Waals surface area (Å²) in [5, 5.41) is 20.9. The monoisotopic (exact) mass is 392 g/mol. The number of nitrogens with zero attached hydrogens (tertiary/aromatic N) is 3. The van der Waals surface area contributed by atoms with Gasteiger partial charge in [0.05, 0.1) is 9.82 Å². The van der Waals surface area contributed by atoms with Crippen molar-refractivity contribution in [2.45, 2.75) is 4.90 Å². The third-order valence-electron chi connectivity index (χ3n) is 4.56. The second kappa shape index (κ2) is 7.41. The molecule has 9 nitrogen and oxygen atoms in total. The van der Waals surface area contributed by atoms with E-state index < -0.39 is 14.9 Å². The maximum atomic E-state index is 11.9. The van der Waals surface area contributed by atoms with E-state index in [1.807, 2.05) is 17.0 Å². The average molecular weight is 392 g/mol. The highest BCUT2D eigenvalue weighted by Gasteiger charge is 2.26. The van der Waals surface area contributed by atoms with Gasteiger partial charge >= 0.3 is 0 Å². The van der Waals surface area contributed by atoms with Crippen LogP contribution < -0.4 is 14.5 Å². The number of sulfonamides is 1. The molecule has 0 atom stereocenters. The fraction of sp³-hybridized carbons (Fsp3) is 0.294. The Morgan fingerprint density at radius 3 is 2.19 bits per heavy atom. The lowest BCUT2D eigenvalue weighted by molar-refractivity contribution is -0.384. The number of hydrogen-bond acceptors (Lipinski definition) is 7. The average Bonchev–Trinajstić information content (AvgIpc) is 2.68. The van der Waals surface area contributed by atoms with Gasteiger partial charge in [0.25, 0.3) is 5.69 Å². The van der Waals surface area contributed by atoms with E-state index in [4.69, 9.17) is 0 Å². The van der Waals surface area contributed by atoms with Crippen molar-refractivity contribution in [3.8, 4) is 5.75 Å². The van der Waals surface area contributed by atoms with Gasteiger partial charge in [0.15, 0.2) is 0 Å². The molecule has 0 spiro atoms. The fourth-order valence-corrected chi connectivity index (χ4v) is 3.82. The van der Waals surface area contributed by atoms with E-state index in [1.165, 1.54) is 19.2 Å². The molecule has 3 rings (SSSR count). The molecule has 1 saturated heterocycles. The number of benzene rings is 2. The van der Waals surface area contributed by atoms with Gasteiger partial charge in [-0.1, -0.05) is 0 Å². The standard InChI is InChI=1S/C17H20N4O5S/c1-18-27(25,26)15-6-7-16(17(12-15)21(23)24)20-10-8-19(9-11-20)13-2-4-14(22)5-3-13/h2-7,12,18,22H,8-11H2,1H3. The Bertz CT molecular complexity index is 938. The predicted molar refractivity (Wildman–Crippen MR) is 102 cm³/mol. The summed E-state index contributed by atoms with van der Waals surface area (Å²) in [4.78, 5) is 14.8. The van der Waals surface area contributed by atoms with Gasteiger partial charge in [0.1, 0.15) is 11.4 Å². The van der Waals surface area contributed by atoms with E-state index in [2.05, 4.69) is 9.62 Å². The summed E-state index contributed by atoms with van der Waals surface area (Å²) in [6.45, 7) is 2.41. The molecule has 1 aliphatic heterocycles. The number of phenols is 1. The van der Waals surface area contributed by atoms with Gasteiger partial charge in [-0.15, -0.1) is 0 Å². The Balaban J connectivity index is 1.81. The van der Waals surface area contributed by atoms with Gasteiger partial charge in [0, 0.05) is 37.9 Å². The summed E-state index contributed by atoms with van der Waals surface area (Å²) >= 11 is 0. The number of phenolic OH excluding ortho intramolecular Hbond substituents is 1. The molecule has 0 unspecified atom stereocenters. The number of nitro groups is 1. The van der Waals surface area contributed by atoms with Crippen LogP contribution in [0.4, 0.5) is 17.1 Å². The van der Waals surface area contributed by atoms with Crippen molar-refractivity contribution in [1.29, 1.82) is 0 Å². The number of nitro benzene ring substituents is 1. The normalized spacial score (nSPS) is 15.0. The Morgan fingerprint density at radius 1 is 1.04 bits per heavy atom. The molecule has 2 aromatic carbocycles. The number of nitrogens with one attached hydrogen (secondary N) is 1. The maximum Gasteiger partial charge on any atom is 0.293 e. The highest BCUT2D eigenvalue weighted by molar-refractivity contribution is 7.89. The third-order valence-corrected chi connectivity index (χ3v) is 5.97. The van der Waals surface area contributed by atoms with E-state index >= 15 is 0 Å². The molecule has 144 valence electrons. The third kappa shape index (κ3) is 3.96. The van der Waals surface area contributed by atoms with E-state index in [0.29, 0.717) is 31.9 Å². The highest BCUT2D eigenvalue weighted by atomic mass is 32.2. The van der Waals surface area contributed by atoms with E-state index in [1.54, 1.807) is 12.1 Å². The molecule has 0 bridgehead atoms. The number of piperazine rings is 1. The molecule has 2 N–H and O–H groups in total. The van der Waals surface area contributed by atoms with E-state index in [9.17, 15) is 23.6 Å². The largest absolute Gasteiger partial charge is 0.508 e. The number of aromatic hydroxyl groups is 1. The van der Waals surface area contributed by atoms with Crippen molar-refractivity contribution >= 4 is 27.1 Å². The summed E-state index contributed by atoms with van der Waals surface area (Å²) in [7, 11) is -2.49. The van der Waals surface area contributed by atoms with Crippen molar-refractivity contribution in [2.24, 2.45) is 0 Å². The van der Waals surface area contributed by atoms with Crippen LogP contribution in [0.2, 0.25) is 0 Å². The van der Waals surface area contributed by atoms with Crippen molar-refractivity contribution in [3.05, 3.63) is 52.6 Å². The molecule has 1 aliphatic rings. The Kier molecular flexibility index (Phi) is 5.19. The minimum atomic E-state index is -3.75. The molecule has 0 saturated carbocycles. The molecular formula is C17H20N4O5S. The van der Waals surface area contributed by atoms with Gasteiger partial charge in [-0.3, -0.25) is 10.1 Å². The first-order chi connectivity index (χ1) is 12.8. The minimum absolute atomic E-state index is 0.136. The zero-order chi connectivity index (χ0) is 19.6. The molecular weight excluding hydrogens is 372 g/mol. The molecule has 27 heavy (non-hydrogen) atoms. The van der Waals surface area contributed by atoms with Gasteiger partial charge in [-0.2, -0.15) is 0 Å². The highest BCUT2D eigenvalue weighted by Crippen LogP contribution is 2.32. The van der Waals surface area contributed by atoms with Crippen LogP contribution in [0.1, 0.15) is 0 Å². The van der Waals surface area contributed by atoms with Crippen molar-refractivity contribution in [3.63, 3.8) is 0 Å². The lowest BCUT2D eigenvalue weighted by atomic mass is 10.2. The van der Waals surface area contributed by atoms with Crippen LogP contribution in [0.5, 0.6) is 5.75 Å². The Labute approximate surface area is 157 Å². The second-order valence-electron chi connectivity index (χ2n) is 6.11. The van der Waals surface area contributed by atoms with E-state index in [0.717, 1.165) is 11.8 Å². The first kappa shape index (κ1) is 18.9. The zero-order valence-electron chi connectivity index (χ0n) is 14.7. The van der Waals surface area contributed by atoms with Gasteiger partial charge in [-0.05, 0) is 43.4 Å². The van der Waals surface area contributed by atoms with Crippen molar-refractivity contribution < 1.29 is 18.4 Å². The molecule has 2 aromatic rings. The first-order valence-corrected chi connectivity index (χ1v) is 9.81. The van der Waals surface area contributed by atoms with Crippen molar-refractivity contribution in [1.82, 2.24) is 4.72 Å². The number of anilines is 2. The van der Waals surface area contributed by atoms with Crippen molar-refractivity contribution in [2.75, 3.05) is 43.0 Å². The Hall–Kier alpha value is -2.85. The van der Waals surface area contributed by atoms with Crippen LogP contribution >= 0.6 is 0 Å². The van der Waals surface area contributed by atoms with Crippen LogP contribution in [0.3, 0.4) is 0 Å². The predicted octanol–water partition coefficient (Wildman–Crippen LogP) is 1.54. The Morgan fingerprint density at radius 2 is 1.63 bits per heavy atom. The van der Waals surface area contributed by atoms with Crippen LogP contribution in [0.15, 0.2) is 47.4 Å². The summed E-state index contributed by atoms with van der Waals surface area (Å²) in [5.74, 6) is 0.199. The second-order valence-corrected chi connectivity index (χ2v) is 7.99. The lowest BCUT2D eigenvalue weighted by Gasteiger charge is -2.37. The van der Waals surface area contributed by atoms with Gasteiger partial charge in [-0.25, -0.2) is 13.1 Å². The molecule has 10 heteroatoms. The van der Waals surface area contributed by atoms with Crippen LogP contribution in [0, 0.1) is 10.1 Å². The number of rotatable bonds is 5. The maximum absolute atomic E-state index is 11.9. The SMILES string of the molecule is CNS(=O)(=O)c1ccc(N2CCN(c3ccc(O)cc3)CC2)c([N+](=O)[O-])c1.